The average molecular weight is 477 g/mol. The molecule has 180 valence electrons. The molecule has 0 bridgehead atoms. The Labute approximate surface area is 201 Å². The molecule has 0 fully saturated rings. The van der Waals surface area contributed by atoms with Crippen molar-refractivity contribution in [3.8, 4) is 11.1 Å². The lowest BCUT2D eigenvalue weighted by Gasteiger charge is -2.21. The number of amides is 2. The van der Waals surface area contributed by atoms with Crippen molar-refractivity contribution in [2.45, 2.75) is 25.8 Å². The van der Waals surface area contributed by atoms with E-state index in [0.29, 0.717) is 0 Å². The molecule has 35 heavy (non-hydrogen) atoms. The molecule has 3 aromatic rings. The molecule has 1 aliphatic carbocycles. The van der Waals surface area contributed by atoms with E-state index in [1.54, 1.807) is 13.8 Å². The fraction of sp³-hybridized carbons (Fsp3) is 0.222. The highest BCUT2D eigenvalue weighted by atomic mass is 19.1. The summed E-state index contributed by atoms with van der Waals surface area (Å²) >= 11 is 0. The number of carbonyl (C=O) groups is 3. The lowest BCUT2D eigenvalue weighted by atomic mass is 9.98. The maximum atomic E-state index is 14.3. The van der Waals surface area contributed by atoms with E-state index in [0.717, 1.165) is 28.3 Å². The van der Waals surface area contributed by atoms with Crippen LogP contribution < -0.4 is 10.6 Å². The van der Waals surface area contributed by atoms with Gasteiger partial charge in [0.05, 0.1) is 17.2 Å². The SMILES string of the molecule is CC(NC(=O)OCC1c2ccccc2-c2ccccc21)C(C)C(=O)Nc1cccc(C(=O)O)c1F. The van der Waals surface area contributed by atoms with Gasteiger partial charge in [0.15, 0.2) is 5.82 Å². The minimum Gasteiger partial charge on any atom is -0.478 e. The van der Waals surface area contributed by atoms with Crippen LogP contribution in [0.4, 0.5) is 14.9 Å². The van der Waals surface area contributed by atoms with Gasteiger partial charge in [-0.2, -0.15) is 0 Å². The van der Waals surface area contributed by atoms with E-state index in [1.165, 1.54) is 12.1 Å². The zero-order valence-electron chi connectivity index (χ0n) is 19.2. The number of nitrogens with one attached hydrogen (secondary N) is 2. The molecule has 0 aliphatic heterocycles. The Kier molecular flexibility index (Phi) is 6.82. The fourth-order valence-corrected chi connectivity index (χ4v) is 4.22. The summed E-state index contributed by atoms with van der Waals surface area (Å²) in [6, 6.07) is 19.1. The highest BCUT2D eigenvalue weighted by Gasteiger charge is 2.30. The molecule has 0 heterocycles. The van der Waals surface area contributed by atoms with Crippen LogP contribution in [0, 0.1) is 11.7 Å². The van der Waals surface area contributed by atoms with Crippen LogP contribution in [0.1, 0.15) is 41.3 Å². The second-order valence-electron chi connectivity index (χ2n) is 8.51. The summed E-state index contributed by atoms with van der Waals surface area (Å²) in [7, 11) is 0. The number of carbonyl (C=O) groups excluding carboxylic acids is 2. The molecule has 0 saturated carbocycles. The summed E-state index contributed by atoms with van der Waals surface area (Å²) in [6.07, 6.45) is -0.668. The summed E-state index contributed by atoms with van der Waals surface area (Å²) in [6.45, 7) is 3.35. The van der Waals surface area contributed by atoms with Gasteiger partial charge >= 0.3 is 12.1 Å². The largest absolute Gasteiger partial charge is 0.478 e. The topological polar surface area (TPSA) is 105 Å². The molecule has 7 nitrogen and oxygen atoms in total. The van der Waals surface area contributed by atoms with Crippen molar-refractivity contribution in [2.24, 2.45) is 5.92 Å². The normalized spacial score (nSPS) is 13.8. The molecular weight excluding hydrogens is 451 g/mol. The maximum absolute atomic E-state index is 14.3. The molecule has 3 aromatic carbocycles. The van der Waals surface area contributed by atoms with Gasteiger partial charge in [-0.3, -0.25) is 4.79 Å². The van der Waals surface area contributed by atoms with Crippen LogP contribution in [0.3, 0.4) is 0 Å². The van der Waals surface area contributed by atoms with Crippen molar-refractivity contribution in [1.29, 1.82) is 0 Å². The number of carboxylic acid groups (broad SMARTS) is 1. The number of ether oxygens (including phenoxy) is 1. The highest BCUT2D eigenvalue weighted by Crippen LogP contribution is 2.44. The molecule has 4 rings (SSSR count). The van der Waals surface area contributed by atoms with Crippen molar-refractivity contribution in [3.05, 3.63) is 89.2 Å². The lowest BCUT2D eigenvalue weighted by Crippen LogP contribution is -2.42. The van der Waals surface area contributed by atoms with Gasteiger partial charge in [0, 0.05) is 12.0 Å². The number of hydrogen-bond donors (Lipinski definition) is 3. The number of aromatic carboxylic acids is 1. The van der Waals surface area contributed by atoms with Gasteiger partial charge < -0.3 is 20.5 Å². The number of alkyl carbamates (subject to hydrolysis) is 1. The first-order valence-corrected chi connectivity index (χ1v) is 11.2. The Hall–Kier alpha value is -4.20. The molecule has 2 atom stereocenters. The third-order valence-corrected chi connectivity index (χ3v) is 6.34. The highest BCUT2D eigenvalue weighted by molar-refractivity contribution is 5.95. The predicted octanol–water partition coefficient (Wildman–Crippen LogP) is 5.03. The monoisotopic (exact) mass is 476 g/mol. The van der Waals surface area contributed by atoms with Crippen LogP contribution in [0.5, 0.6) is 0 Å². The van der Waals surface area contributed by atoms with Crippen molar-refractivity contribution in [1.82, 2.24) is 5.32 Å². The number of rotatable bonds is 7. The lowest BCUT2D eigenvalue weighted by molar-refractivity contribution is -0.120. The third-order valence-electron chi connectivity index (χ3n) is 6.34. The molecule has 1 aliphatic rings. The van der Waals surface area contributed by atoms with Gasteiger partial charge in [-0.25, -0.2) is 14.0 Å². The third kappa shape index (κ3) is 4.87. The Bertz CT molecular complexity index is 1250. The van der Waals surface area contributed by atoms with Crippen LogP contribution in [0.2, 0.25) is 0 Å². The van der Waals surface area contributed by atoms with E-state index < -0.39 is 41.3 Å². The Balaban J connectivity index is 1.35. The van der Waals surface area contributed by atoms with Crippen LogP contribution in [0.25, 0.3) is 11.1 Å². The van der Waals surface area contributed by atoms with Crippen molar-refractivity contribution < 1.29 is 28.6 Å². The van der Waals surface area contributed by atoms with E-state index in [1.807, 2.05) is 48.5 Å². The van der Waals surface area contributed by atoms with Crippen molar-refractivity contribution >= 4 is 23.7 Å². The molecular formula is C27H25FN2O5. The van der Waals surface area contributed by atoms with Gasteiger partial charge in [-0.1, -0.05) is 61.5 Å². The smallest absolute Gasteiger partial charge is 0.407 e. The number of anilines is 1. The number of hydrogen-bond acceptors (Lipinski definition) is 4. The fourth-order valence-electron chi connectivity index (χ4n) is 4.22. The van der Waals surface area contributed by atoms with E-state index in [2.05, 4.69) is 10.6 Å². The summed E-state index contributed by atoms with van der Waals surface area (Å²) in [5.74, 6) is -3.87. The maximum Gasteiger partial charge on any atom is 0.407 e. The minimum atomic E-state index is -1.43. The second kappa shape index (κ2) is 9.97. The quantitative estimate of drug-likeness (QED) is 0.444. The Morgan fingerprint density at radius 2 is 1.54 bits per heavy atom. The van der Waals surface area contributed by atoms with E-state index >= 15 is 0 Å². The standard InChI is InChI=1S/C27H25FN2O5/c1-15(25(31)30-23-13-7-12-21(24(23)28)26(32)33)16(2)29-27(34)35-14-22-19-10-5-3-8-17(19)18-9-4-6-11-20(18)22/h3-13,15-16,22H,14H2,1-2H3,(H,29,34)(H,30,31)(H,32,33). The summed E-state index contributed by atoms with van der Waals surface area (Å²) in [5, 5.41) is 14.1. The second-order valence-corrected chi connectivity index (χ2v) is 8.51. The summed E-state index contributed by atoms with van der Waals surface area (Å²) in [5.41, 5.74) is 3.64. The van der Waals surface area contributed by atoms with Gasteiger partial charge in [0.1, 0.15) is 6.61 Å². The van der Waals surface area contributed by atoms with Crippen molar-refractivity contribution in [3.63, 3.8) is 0 Å². The van der Waals surface area contributed by atoms with E-state index in [9.17, 15) is 18.8 Å². The molecule has 2 unspecified atom stereocenters. The molecule has 2 amide bonds. The van der Waals surface area contributed by atoms with Crippen LogP contribution in [0.15, 0.2) is 66.7 Å². The van der Waals surface area contributed by atoms with Crippen molar-refractivity contribution in [2.75, 3.05) is 11.9 Å². The van der Waals surface area contributed by atoms with Crippen LogP contribution in [-0.2, 0) is 9.53 Å². The Morgan fingerprint density at radius 3 is 2.14 bits per heavy atom. The molecule has 0 radical (unpaired) electrons. The first kappa shape index (κ1) is 23.9. The number of benzene rings is 3. The molecule has 0 spiro atoms. The van der Waals surface area contributed by atoms with E-state index in [-0.39, 0.29) is 18.2 Å². The molecule has 3 N–H and O–H groups in total. The van der Waals surface area contributed by atoms with Crippen LogP contribution in [-0.4, -0.2) is 35.7 Å². The minimum absolute atomic E-state index is 0.0892. The zero-order chi connectivity index (χ0) is 25.1. The van der Waals surface area contributed by atoms with E-state index in [4.69, 9.17) is 9.84 Å². The predicted molar refractivity (Wildman–Crippen MR) is 129 cm³/mol. The molecule has 0 aromatic heterocycles. The first-order chi connectivity index (χ1) is 16.8. The van der Waals surface area contributed by atoms with Crippen LogP contribution >= 0.6 is 0 Å². The average Bonchev–Trinajstić information content (AvgIpc) is 3.17. The van der Waals surface area contributed by atoms with Gasteiger partial charge in [-0.05, 0) is 41.3 Å². The zero-order valence-corrected chi connectivity index (χ0v) is 19.2. The van der Waals surface area contributed by atoms with Gasteiger partial charge in [0.2, 0.25) is 5.91 Å². The Morgan fingerprint density at radius 1 is 0.943 bits per heavy atom. The number of fused-ring (bicyclic) bond motifs is 3. The van der Waals surface area contributed by atoms with Gasteiger partial charge in [-0.15, -0.1) is 0 Å². The number of halogens is 1. The molecule has 0 saturated heterocycles. The van der Waals surface area contributed by atoms with Gasteiger partial charge in [0.25, 0.3) is 0 Å². The molecule has 8 heteroatoms. The number of carboxylic acids is 1. The first-order valence-electron chi connectivity index (χ1n) is 11.2. The summed E-state index contributed by atoms with van der Waals surface area (Å²) < 4.78 is 19.8. The summed E-state index contributed by atoms with van der Waals surface area (Å²) in [4.78, 5) is 36.2.